The molecule has 1 heterocycles. The number of Topliss-reactive ketones (excluding diaryl/α,β-unsaturated/α-hetero) is 1. The zero-order chi connectivity index (χ0) is 16.3. The lowest BCUT2D eigenvalue weighted by molar-refractivity contribution is -0.136. The summed E-state index contributed by atoms with van der Waals surface area (Å²) in [6.07, 6.45) is 0.307. The van der Waals surface area contributed by atoms with Crippen LogP contribution in [-0.4, -0.2) is 43.6 Å². The lowest BCUT2D eigenvalue weighted by Gasteiger charge is -2.11. The minimum Gasteiger partial charge on any atom is -0.344 e. The van der Waals surface area contributed by atoms with E-state index < -0.39 is 27.7 Å². The minimum absolute atomic E-state index is 0.0141. The van der Waals surface area contributed by atoms with E-state index in [1.165, 1.54) is 13.0 Å². The molecule has 8 heteroatoms. The van der Waals surface area contributed by atoms with Crippen LogP contribution >= 0.6 is 0 Å². The Kier molecular flexibility index (Phi) is 4.60. The van der Waals surface area contributed by atoms with Crippen LogP contribution in [0.15, 0.2) is 24.3 Å². The first-order valence-corrected chi connectivity index (χ1v) is 8.52. The molecule has 0 aromatic heterocycles. The van der Waals surface area contributed by atoms with Crippen molar-refractivity contribution in [2.45, 2.75) is 19.4 Å². The Morgan fingerprint density at radius 2 is 1.91 bits per heavy atom. The van der Waals surface area contributed by atoms with E-state index >= 15 is 0 Å². The molecule has 0 bridgehead atoms. The maximum Gasteiger partial charge on any atom is 0.313 e. The number of carbonyl (C=O) groups excluding carboxylic acids is 3. The highest BCUT2D eigenvalue weighted by Gasteiger charge is 2.30. The predicted octanol–water partition coefficient (Wildman–Crippen LogP) is 0.131. The van der Waals surface area contributed by atoms with E-state index in [4.69, 9.17) is 0 Å². The Morgan fingerprint density at radius 3 is 2.50 bits per heavy atom. The lowest BCUT2D eigenvalue weighted by atomic mass is 10.1. The summed E-state index contributed by atoms with van der Waals surface area (Å²) in [6.45, 7) is 1.40. The summed E-state index contributed by atoms with van der Waals surface area (Å²) in [5.41, 5.74) is 0.743. The number of ketones is 1. The predicted molar refractivity (Wildman–Crippen MR) is 80.3 cm³/mol. The Balaban J connectivity index is 1.96. The summed E-state index contributed by atoms with van der Waals surface area (Å²) in [4.78, 5) is 34.8. The fraction of sp³-hybridized carbons (Fsp3) is 0.357. The molecule has 1 fully saturated rings. The van der Waals surface area contributed by atoms with Crippen molar-refractivity contribution in [3.05, 3.63) is 29.8 Å². The third-order valence-corrected chi connectivity index (χ3v) is 5.07. The molecule has 1 aromatic rings. The van der Waals surface area contributed by atoms with Crippen molar-refractivity contribution in [2.75, 3.05) is 16.8 Å². The van der Waals surface area contributed by atoms with Gasteiger partial charge >= 0.3 is 11.8 Å². The molecule has 1 unspecified atom stereocenters. The summed E-state index contributed by atoms with van der Waals surface area (Å²) >= 11 is 0. The van der Waals surface area contributed by atoms with Crippen molar-refractivity contribution in [1.82, 2.24) is 5.32 Å². The first-order valence-electron chi connectivity index (χ1n) is 6.70. The number of anilines is 1. The van der Waals surface area contributed by atoms with Crippen LogP contribution in [0.2, 0.25) is 0 Å². The van der Waals surface area contributed by atoms with Gasteiger partial charge in [0.2, 0.25) is 0 Å². The largest absolute Gasteiger partial charge is 0.344 e. The van der Waals surface area contributed by atoms with Crippen molar-refractivity contribution in [3.63, 3.8) is 0 Å². The van der Waals surface area contributed by atoms with Crippen molar-refractivity contribution in [1.29, 1.82) is 0 Å². The molecule has 7 nitrogen and oxygen atoms in total. The van der Waals surface area contributed by atoms with Crippen LogP contribution in [0, 0.1) is 0 Å². The third kappa shape index (κ3) is 4.14. The smallest absolute Gasteiger partial charge is 0.313 e. The molecule has 1 aliphatic rings. The van der Waals surface area contributed by atoms with Crippen molar-refractivity contribution in [3.8, 4) is 0 Å². The summed E-state index contributed by atoms with van der Waals surface area (Å²) in [5, 5.41) is 4.77. The molecule has 0 aliphatic carbocycles. The van der Waals surface area contributed by atoms with Gasteiger partial charge in [-0.15, -0.1) is 0 Å². The van der Waals surface area contributed by atoms with Gasteiger partial charge in [-0.3, -0.25) is 14.4 Å². The summed E-state index contributed by atoms with van der Waals surface area (Å²) in [7, 11) is -3.12. The SMILES string of the molecule is CC(=O)c1cccc(NC(=O)C(=O)NC2CCS(=O)(=O)C2)c1. The van der Waals surface area contributed by atoms with E-state index in [-0.39, 0.29) is 17.3 Å². The molecule has 2 amide bonds. The fourth-order valence-corrected chi connectivity index (χ4v) is 3.84. The van der Waals surface area contributed by atoms with Crippen LogP contribution in [0.1, 0.15) is 23.7 Å². The molecule has 2 rings (SSSR count). The van der Waals surface area contributed by atoms with Crippen LogP contribution in [0.3, 0.4) is 0 Å². The average molecular weight is 324 g/mol. The molecule has 0 saturated carbocycles. The Morgan fingerprint density at radius 1 is 1.18 bits per heavy atom. The number of sulfone groups is 1. The number of benzene rings is 1. The highest BCUT2D eigenvalue weighted by molar-refractivity contribution is 7.91. The number of rotatable bonds is 3. The number of hydrogen-bond acceptors (Lipinski definition) is 5. The van der Waals surface area contributed by atoms with Crippen molar-refractivity contribution in [2.24, 2.45) is 0 Å². The topological polar surface area (TPSA) is 109 Å². The van der Waals surface area contributed by atoms with Crippen molar-refractivity contribution >= 4 is 33.1 Å². The minimum atomic E-state index is -3.12. The van der Waals surface area contributed by atoms with Gasteiger partial charge in [0.1, 0.15) is 0 Å². The van der Waals surface area contributed by atoms with Crippen LogP contribution < -0.4 is 10.6 Å². The lowest BCUT2D eigenvalue weighted by Crippen LogP contribution is -2.42. The molecule has 2 N–H and O–H groups in total. The number of amides is 2. The second-order valence-electron chi connectivity index (χ2n) is 5.16. The molecule has 0 spiro atoms. The maximum atomic E-state index is 11.8. The normalized spacial score (nSPS) is 19.4. The Bertz CT molecular complexity index is 727. The van der Waals surface area contributed by atoms with E-state index in [2.05, 4.69) is 10.6 Å². The van der Waals surface area contributed by atoms with Gasteiger partial charge in [-0.25, -0.2) is 8.42 Å². The van der Waals surface area contributed by atoms with E-state index in [0.717, 1.165) is 0 Å². The van der Waals surface area contributed by atoms with Crippen LogP contribution in [0.4, 0.5) is 5.69 Å². The molecular weight excluding hydrogens is 308 g/mol. The van der Waals surface area contributed by atoms with Gasteiger partial charge in [0.05, 0.1) is 11.5 Å². The number of carbonyl (C=O) groups is 3. The molecular formula is C14H16N2O5S. The van der Waals surface area contributed by atoms with E-state index in [9.17, 15) is 22.8 Å². The van der Waals surface area contributed by atoms with E-state index in [1.54, 1.807) is 18.2 Å². The summed E-state index contributed by atoms with van der Waals surface area (Å²) < 4.78 is 22.6. The first kappa shape index (κ1) is 16.2. The zero-order valence-corrected chi connectivity index (χ0v) is 12.8. The summed E-state index contributed by atoms with van der Waals surface area (Å²) in [5.74, 6) is -2.08. The maximum absolute atomic E-state index is 11.8. The Hall–Kier alpha value is -2.22. The molecule has 22 heavy (non-hydrogen) atoms. The van der Waals surface area contributed by atoms with Crippen molar-refractivity contribution < 1.29 is 22.8 Å². The first-order chi connectivity index (χ1) is 10.3. The number of nitrogens with one attached hydrogen (secondary N) is 2. The average Bonchev–Trinajstić information content (AvgIpc) is 2.78. The molecule has 1 atom stereocenters. The highest BCUT2D eigenvalue weighted by atomic mass is 32.2. The molecule has 1 aromatic carbocycles. The third-order valence-electron chi connectivity index (χ3n) is 3.30. The zero-order valence-electron chi connectivity index (χ0n) is 12.0. The van der Waals surface area contributed by atoms with E-state index in [1.807, 2.05) is 0 Å². The standard InChI is InChI=1S/C14H16N2O5S/c1-9(17)10-3-2-4-11(7-10)15-13(18)14(19)16-12-5-6-22(20,21)8-12/h2-4,7,12H,5-6,8H2,1H3,(H,15,18)(H,16,19). The van der Waals surface area contributed by atoms with Gasteiger partial charge in [0.15, 0.2) is 15.6 Å². The van der Waals surface area contributed by atoms with Gasteiger partial charge in [0, 0.05) is 17.3 Å². The molecule has 118 valence electrons. The van der Waals surface area contributed by atoms with Crippen LogP contribution in [0.25, 0.3) is 0 Å². The second kappa shape index (κ2) is 6.27. The van der Waals surface area contributed by atoms with Crippen LogP contribution in [-0.2, 0) is 19.4 Å². The second-order valence-corrected chi connectivity index (χ2v) is 7.39. The Labute approximate surface area is 128 Å². The van der Waals surface area contributed by atoms with E-state index in [0.29, 0.717) is 17.7 Å². The highest BCUT2D eigenvalue weighted by Crippen LogP contribution is 2.12. The van der Waals surface area contributed by atoms with Crippen LogP contribution in [0.5, 0.6) is 0 Å². The monoisotopic (exact) mass is 324 g/mol. The molecule has 1 saturated heterocycles. The molecule has 0 radical (unpaired) electrons. The number of hydrogen-bond donors (Lipinski definition) is 2. The van der Waals surface area contributed by atoms with Gasteiger partial charge in [0.25, 0.3) is 0 Å². The molecule has 1 aliphatic heterocycles. The van der Waals surface area contributed by atoms with Gasteiger partial charge in [-0.05, 0) is 25.5 Å². The van der Waals surface area contributed by atoms with Gasteiger partial charge in [-0.2, -0.15) is 0 Å². The van der Waals surface area contributed by atoms with Gasteiger partial charge in [-0.1, -0.05) is 12.1 Å². The summed E-state index contributed by atoms with van der Waals surface area (Å²) in [6, 6.07) is 5.67. The fourth-order valence-electron chi connectivity index (χ4n) is 2.16. The quantitative estimate of drug-likeness (QED) is 0.607. The van der Waals surface area contributed by atoms with Gasteiger partial charge < -0.3 is 10.6 Å².